The van der Waals surface area contributed by atoms with E-state index in [0.29, 0.717) is 26.3 Å². The summed E-state index contributed by atoms with van der Waals surface area (Å²) in [7, 11) is 0. The molecule has 0 saturated heterocycles. The highest BCUT2D eigenvalue weighted by Gasteiger charge is 2.33. The number of thiophene rings is 1. The van der Waals surface area contributed by atoms with Crippen molar-refractivity contribution >= 4 is 40.3 Å². The maximum Gasteiger partial charge on any atom is 0.271 e. The largest absolute Gasteiger partial charge is 0.491 e. The van der Waals surface area contributed by atoms with Crippen LogP contribution < -0.4 is 24.9 Å². The Morgan fingerprint density at radius 3 is 2.50 bits per heavy atom. The number of carbonyl (C=O) groups excluding carboxylic acids is 1. The summed E-state index contributed by atoms with van der Waals surface area (Å²) in [6, 6.07) is 20.3. The standard InChI is InChI=1S/C28H25N3O3S2/c1-17(2)34-21-13-11-19(12-14-21)16-23-27(33)31-25(22-10-7-15-35-22)24(18(3)29-28(31)36-23)26(32)30-20-8-5-4-6-9-20/h4-17,25H,1-3H3,(H,30,32)/b23-16-/t25-/m0/s1. The van der Waals surface area contributed by atoms with Crippen LogP contribution in [0.5, 0.6) is 5.75 Å². The van der Waals surface area contributed by atoms with E-state index < -0.39 is 6.04 Å². The number of anilines is 1. The molecule has 3 heterocycles. The Bertz CT molecular complexity index is 1600. The molecule has 0 spiro atoms. The van der Waals surface area contributed by atoms with Crippen LogP contribution in [0.1, 0.15) is 37.3 Å². The highest BCUT2D eigenvalue weighted by molar-refractivity contribution is 7.10. The van der Waals surface area contributed by atoms with Gasteiger partial charge in [-0.1, -0.05) is 47.7 Å². The first kappa shape index (κ1) is 24.0. The Morgan fingerprint density at radius 2 is 1.83 bits per heavy atom. The number of hydrogen-bond donors (Lipinski definition) is 1. The Labute approximate surface area is 216 Å². The minimum atomic E-state index is -0.547. The van der Waals surface area contributed by atoms with Gasteiger partial charge in [-0.05, 0) is 68.1 Å². The minimum Gasteiger partial charge on any atom is -0.491 e. The number of rotatable bonds is 6. The summed E-state index contributed by atoms with van der Waals surface area (Å²) >= 11 is 2.85. The highest BCUT2D eigenvalue weighted by Crippen LogP contribution is 2.33. The first-order valence-electron chi connectivity index (χ1n) is 11.6. The fraction of sp³-hybridized carbons (Fsp3) is 0.179. The molecule has 4 aromatic rings. The molecule has 0 aliphatic carbocycles. The molecule has 2 aromatic heterocycles. The van der Waals surface area contributed by atoms with Crippen molar-refractivity contribution < 1.29 is 9.53 Å². The minimum absolute atomic E-state index is 0.0910. The summed E-state index contributed by atoms with van der Waals surface area (Å²) in [6.45, 7) is 5.79. The molecule has 6 nitrogen and oxygen atoms in total. The van der Waals surface area contributed by atoms with Crippen molar-refractivity contribution in [3.8, 4) is 5.75 Å². The first-order chi connectivity index (χ1) is 17.4. The van der Waals surface area contributed by atoms with Crippen LogP contribution in [-0.2, 0) is 4.79 Å². The molecule has 5 rings (SSSR count). The van der Waals surface area contributed by atoms with Gasteiger partial charge < -0.3 is 10.1 Å². The smallest absolute Gasteiger partial charge is 0.271 e. The lowest BCUT2D eigenvalue weighted by Gasteiger charge is -2.24. The molecule has 0 saturated carbocycles. The van der Waals surface area contributed by atoms with Gasteiger partial charge in [-0.25, -0.2) is 4.99 Å². The van der Waals surface area contributed by atoms with Crippen LogP contribution in [-0.4, -0.2) is 16.6 Å². The molecule has 0 unspecified atom stereocenters. The predicted octanol–water partition coefficient (Wildman–Crippen LogP) is 4.72. The normalized spacial score (nSPS) is 15.6. The quantitative estimate of drug-likeness (QED) is 0.404. The number of allylic oxidation sites excluding steroid dienone is 1. The van der Waals surface area contributed by atoms with E-state index in [-0.39, 0.29) is 17.6 Å². The average Bonchev–Trinajstić information content (AvgIpc) is 3.48. The third-order valence-corrected chi connectivity index (χ3v) is 7.57. The molecule has 1 aliphatic rings. The molecule has 182 valence electrons. The van der Waals surface area contributed by atoms with Gasteiger partial charge in [-0.2, -0.15) is 0 Å². The van der Waals surface area contributed by atoms with Crippen LogP contribution >= 0.6 is 22.7 Å². The van der Waals surface area contributed by atoms with Crippen LogP contribution in [0.2, 0.25) is 0 Å². The van der Waals surface area contributed by atoms with Gasteiger partial charge in [0.2, 0.25) is 0 Å². The van der Waals surface area contributed by atoms with Gasteiger partial charge in [0, 0.05) is 10.6 Å². The molecular weight excluding hydrogens is 490 g/mol. The molecule has 1 atom stereocenters. The maximum absolute atomic E-state index is 13.7. The van der Waals surface area contributed by atoms with E-state index in [4.69, 9.17) is 4.74 Å². The Kier molecular flexibility index (Phi) is 6.71. The van der Waals surface area contributed by atoms with Crippen molar-refractivity contribution in [1.82, 2.24) is 4.57 Å². The molecular formula is C28H25N3O3S2. The molecule has 1 aliphatic heterocycles. The first-order valence-corrected chi connectivity index (χ1v) is 13.3. The van der Waals surface area contributed by atoms with Gasteiger partial charge in [-0.15, -0.1) is 11.3 Å². The van der Waals surface area contributed by atoms with Crippen LogP contribution in [0.3, 0.4) is 0 Å². The van der Waals surface area contributed by atoms with Crippen molar-refractivity contribution in [3.63, 3.8) is 0 Å². The molecule has 1 N–H and O–H groups in total. The second-order valence-corrected chi connectivity index (χ2v) is 10.6. The molecule has 0 bridgehead atoms. The molecule has 2 aromatic carbocycles. The van der Waals surface area contributed by atoms with Crippen LogP contribution in [0.4, 0.5) is 5.69 Å². The monoisotopic (exact) mass is 515 g/mol. The Hall–Kier alpha value is -3.75. The zero-order valence-corrected chi connectivity index (χ0v) is 21.7. The SMILES string of the molecule is CC1=C(C(=O)Nc2ccccc2)[C@H](c2cccs2)n2c(s/c(=C\c3ccc(OC(C)C)cc3)c2=O)=N1. The van der Waals surface area contributed by atoms with E-state index in [9.17, 15) is 9.59 Å². The number of aromatic nitrogens is 1. The Balaban J connectivity index is 1.58. The number of fused-ring (bicyclic) bond motifs is 1. The number of nitrogens with one attached hydrogen (secondary N) is 1. The number of thiazole rings is 1. The number of carbonyl (C=O) groups is 1. The average molecular weight is 516 g/mol. The molecule has 8 heteroatoms. The number of amides is 1. The van der Waals surface area contributed by atoms with Gasteiger partial charge in [0.25, 0.3) is 11.5 Å². The zero-order valence-electron chi connectivity index (χ0n) is 20.1. The van der Waals surface area contributed by atoms with Crippen molar-refractivity contribution in [1.29, 1.82) is 0 Å². The van der Waals surface area contributed by atoms with E-state index in [1.165, 1.54) is 22.7 Å². The second-order valence-electron chi connectivity index (χ2n) is 8.65. The predicted molar refractivity (Wildman–Crippen MR) is 145 cm³/mol. The van der Waals surface area contributed by atoms with E-state index >= 15 is 0 Å². The third-order valence-electron chi connectivity index (χ3n) is 5.66. The van der Waals surface area contributed by atoms with Gasteiger partial charge in [-0.3, -0.25) is 14.2 Å². The van der Waals surface area contributed by atoms with E-state index in [1.54, 1.807) is 4.57 Å². The van der Waals surface area contributed by atoms with Crippen LogP contribution in [0.15, 0.2) is 93.2 Å². The third kappa shape index (κ3) is 4.82. The lowest BCUT2D eigenvalue weighted by atomic mass is 10.0. The summed E-state index contributed by atoms with van der Waals surface area (Å²) < 4.78 is 7.92. The summed E-state index contributed by atoms with van der Waals surface area (Å²) in [5.74, 6) is 0.516. The lowest BCUT2D eigenvalue weighted by Crippen LogP contribution is -2.40. The summed E-state index contributed by atoms with van der Waals surface area (Å²) in [4.78, 5) is 33.3. The van der Waals surface area contributed by atoms with Crippen molar-refractivity contribution in [2.24, 2.45) is 4.99 Å². The van der Waals surface area contributed by atoms with Crippen molar-refractivity contribution in [2.75, 3.05) is 5.32 Å². The van der Waals surface area contributed by atoms with Crippen LogP contribution in [0, 0.1) is 0 Å². The maximum atomic E-state index is 13.7. The molecule has 36 heavy (non-hydrogen) atoms. The van der Waals surface area contributed by atoms with E-state index in [2.05, 4.69) is 10.3 Å². The highest BCUT2D eigenvalue weighted by atomic mass is 32.1. The molecule has 0 radical (unpaired) electrons. The number of benzene rings is 2. The number of ether oxygens (including phenoxy) is 1. The zero-order chi connectivity index (χ0) is 25.2. The van der Waals surface area contributed by atoms with Gasteiger partial charge in [0.1, 0.15) is 11.8 Å². The fourth-order valence-corrected chi connectivity index (χ4v) is 5.98. The number of para-hydroxylation sites is 1. The van der Waals surface area contributed by atoms with Gasteiger partial charge in [0.05, 0.1) is 21.9 Å². The van der Waals surface area contributed by atoms with Crippen LogP contribution in [0.25, 0.3) is 6.08 Å². The van der Waals surface area contributed by atoms with Gasteiger partial charge in [0.15, 0.2) is 4.80 Å². The van der Waals surface area contributed by atoms with Crippen molar-refractivity contribution in [2.45, 2.75) is 32.9 Å². The summed E-state index contributed by atoms with van der Waals surface area (Å²) in [6.07, 6.45) is 1.95. The lowest BCUT2D eigenvalue weighted by molar-refractivity contribution is -0.113. The summed E-state index contributed by atoms with van der Waals surface area (Å²) in [5, 5.41) is 4.92. The fourth-order valence-electron chi connectivity index (χ4n) is 4.11. The number of nitrogens with zero attached hydrogens (tertiary/aromatic N) is 2. The number of hydrogen-bond acceptors (Lipinski definition) is 6. The Morgan fingerprint density at radius 1 is 1.08 bits per heavy atom. The van der Waals surface area contributed by atoms with E-state index in [0.717, 1.165) is 16.2 Å². The second kappa shape index (κ2) is 10.1. The van der Waals surface area contributed by atoms with Crippen molar-refractivity contribution in [3.05, 3.63) is 114 Å². The topological polar surface area (TPSA) is 72.7 Å². The molecule has 1 amide bonds. The van der Waals surface area contributed by atoms with Gasteiger partial charge >= 0.3 is 0 Å². The van der Waals surface area contributed by atoms with E-state index in [1.807, 2.05) is 99.0 Å². The summed E-state index contributed by atoms with van der Waals surface area (Å²) in [5.41, 5.74) is 2.48. The molecule has 0 fully saturated rings.